The second-order valence-corrected chi connectivity index (χ2v) is 6.35. The number of halogens is 3. The van der Waals surface area contributed by atoms with Crippen molar-refractivity contribution in [3.8, 4) is 0 Å². The van der Waals surface area contributed by atoms with Crippen molar-refractivity contribution in [2.75, 3.05) is 13.1 Å². The Hall–Kier alpha value is -1.57. The summed E-state index contributed by atoms with van der Waals surface area (Å²) in [4.78, 5) is 19.8. The van der Waals surface area contributed by atoms with Crippen LogP contribution in [0.2, 0.25) is 0 Å². The molecule has 5 nitrogen and oxygen atoms in total. The number of alkyl halides is 3. The van der Waals surface area contributed by atoms with Gasteiger partial charge in [0.25, 0.3) is 0 Å². The minimum Gasteiger partial charge on any atom is -0.390 e. The molecule has 0 bridgehead atoms. The molecule has 0 aromatic carbocycles. The molecule has 2 rings (SSSR count). The molecule has 0 radical (unpaired) electrons. The molecule has 0 aliphatic carbocycles. The van der Waals surface area contributed by atoms with Crippen LogP contribution in [-0.2, 0) is 11.0 Å². The number of likely N-dealkylation sites (tertiary alicyclic amines) is 1. The summed E-state index contributed by atoms with van der Waals surface area (Å²) in [6.07, 6.45) is -2.30. The smallest absolute Gasteiger partial charge is 0.390 e. The Kier molecular flexibility index (Phi) is 4.51. The van der Waals surface area contributed by atoms with Crippen molar-refractivity contribution in [3.63, 3.8) is 0 Å². The van der Waals surface area contributed by atoms with E-state index in [0.29, 0.717) is 25.9 Å². The molecule has 1 aromatic rings. The molecule has 8 heteroatoms. The molecule has 1 fully saturated rings. The molecule has 1 unspecified atom stereocenters. The molecule has 2 heterocycles. The fourth-order valence-electron chi connectivity index (χ4n) is 2.60. The van der Waals surface area contributed by atoms with Gasteiger partial charge in [0.05, 0.1) is 18.2 Å². The lowest BCUT2D eigenvalue weighted by atomic mass is 9.96. The molecular weight excluding hydrogens is 299 g/mol. The second-order valence-electron chi connectivity index (χ2n) is 6.35. The van der Waals surface area contributed by atoms with Crippen molar-refractivity contribution in [2.45, 2.75) is 50.8 Å². The summed E-state index contributed by atoms with van der Waals surface area (Å²) in [5.74, 6) is -0.177. The monoisotopic (exact) mass is 319 g/mol. The predicted molar refractivity (Wildman–Crippen MR) is 73.1 cm³/mol. The Morgan fingerprint density at radius 2 is 2.18 bits per heavy atom. The molecule has 1 saturated heterocycles. The number of imidazole rings is 1. The number of nitrogens with zero attached hydrogens (tertiary/aromatic N) is 2. The number of rotatable bonds is 3. The van der Waals surface area contributed by atoms with Crippen LogP contribution in [0, 0.1) is 0 Å². The molecule has 1 aliphatic rings. The first kappa shape index (κ1) is 16.8. The van der Waals surface area contributed by atoms with Gasteiger partial charge in [0.1, 0.15) is 11.5 Å². The third-order valence-corrected chi connectivity index (χ3v) is 3.65. The highest BCUT2D eigenvalue weighted by molar-refractivity contribution is 5.77. The largest absolute Gasteiger partial charge is 0.432 e. The number of piperidine rings is 1. The van der Waals surface area contributed by atoms with Crippen LogP contribution in [0.1, 0.15) is 50.5 Å². The number of aromatic amines is 1. The predicted octanol–water partition coefficient (Wildman–Crippen LogP) is 2.30. The molecule has 0 saturated carbocycles. The van der Waals surface area contributed by atoms with Gasteiger partial charge < -0.3 is 15.0 Å². The first-order valence-corrected chi connectivity index (χ1v) is 7.18. The molecule has 22 heavy (non-hydrogen) atoms. The van der Waals surface area contributed by atoms with E-state index in [-0.39, 0.29) is 24.1 Å². The van der Waals surface area contributed by atoms with Gasteiger partial charge in [-0.15, -0.1) is 0 Å². The van der Waals surface area contributed by atoms with Crippen LogP contribution in [0.5, 0.6) is 0 Å². The number of nitrogens with one attached hydrogen (secondary N) is 1. The minimum atomic E-state index is -4.45. The average Bonchev–Trinajstić information content (AvgIpc) is 2.86. The van der Waals surface area contributed by atoms with Crippen LogP contribution in [0.25, 0.3) is 0 Å². The summed E-state index contributed by atoms with van der Waals surface area (Å²) >= 11 is 0. The number of hydrogen-bond acceptors (Lipinski definition) is 3. The average molecular weight is 319 g/mol. The zero-order valence-corrected chi connectivity index (χ0v) is 12.6. The summed E-state index contributed by atoms with van der Waals surface area (Å²) in [7, 11) is 0. The normalized spacial score (nSPS) is 20.3. The topological polar surface area (TPSA) is 69.2 Å². The molecule has 124 valence electrons. The first-order valence-electron chi connectivity index (χ1n) is 7.18. The van der Waals surface area contributed by atoms with Crippen molar-refractivity contribution in [1.29, 1.82) is 0 Å². The van der Waals surface area contributed by atoms with Gasteiger partial charge in [0, 0.05) is 19.0 Å². The molecular formula is C14H20F3N3O2. The van der Waals surface area contributed by atoms with Gasteiger partial charge in [-0.2, -0.15) is 13.2 Å². The van der Waals surface area contributed by atoms with Crippen LogP contribution in [-0.4, -0.2) is 44.6 Å². The zero-order chi connectivity index (χ0) is 16.5. The first-order chi connectivity index (χ1) is 10.1. The highest BCUT2D eigenvalue weighted by atomic mass is 19.4. The zero-order valence-electron chi connectivity index (χ0n) is 12.6. The fraction of sp³-hybridized carbons (Fsp3) is 0.714. The number of H-pyrrole nitrogens is 1. The maximum atomic E-state index is 12.6. The van der Waals surface area contributed by atoms with E-state index in [1.807, 2.05) is 0 Å². The van der Waals surface area contributed by atoms with Crippen LogP contribution in [0.15, 0.2) is 6.20 Å². The van der Waals surface area contributed by atoms with Crippen LogP contribution in [0.4, 0.5) is 13.2 Å². The fourth-order valence-corrected chi connectivity index (χ4v) is 2.60. The van der Waals surface area contributed by atoms with E-state index >= 15 is 0 Å². The van der Waals surface area contributed by atoms with Crippen molar-refractivity contribution in [2.24, 2.45) is 0 Å². The quantitative estimate of drug-likeness (QED) is 0.898. The van der Waals surface area contributed by atoms with Crippen LogP contribution < -0.4 is 0 Å². The van der Waals surface area contributed by atoms with E-state index in [2.05, 4.69) is 9.97 Å². The number of aromatic nitrogens is 2. The summed E-state index contributed by atoms with van der Waals surface area (Å²) in [6, 6.07) is 0. The summed E-state index contributed by atoms with van der Waals surface area (Å²) in [5.41, 5.74) is -1.97. The summed E-state index contributed by atoms with van der Waals surface area (Å²) < 4.78 is 37.8. The van der Waals surface area contributed by atoms with Crippen molar-refractivity contribution < 1.29 is 23.1 Å². The Balaban J connectivity index is 2.04. The van der Waals surface area contributed by atoms with Crippen molar-refractivity contribution in [3.05, 3.63) is 17.7 Å². The van der Waals surface area contributed by atoms with Crippen molar-refractivity contribution in [1.82, 2.24) is 14.9 Å². The lowest BCUT2D eigenvalue weighted by Crippen LogP contribution is -2.42. The third kappa shape index (κ3) is 4.22. The van der Waals surface area contributed by atoms with Gasteiger partial charge in [-0.05, 0) is 26.7 Å². The van der Waals surface area contributed by atoms with E-state index in [9.17, 15) is 23.1 Å². The summed E-state index contributed by atoms with van der Waals surface area (Å²) in [5, 5.41) is 9.70. The van der Waals surface area contributed by atoms with E-state index < -0.39 is 17.5 Å². The highest BCUT2D eigenvalue weighted by Gasteiger charge is 2.35. The lowest BCUT2D eigenvalue weighted by molar-refractivity contribution is -0.141. The number of carbonyl (C=O) groups excluding carboxylic acids is 1. The maximum absolute atomic E-state index is 12.6. The third-order valence-electron chi connectivity index (χ3n) is 3.65. The second kappa shape index (κ2) is 5.91. The van der Waals surface area contributed by atoms with Crippen LogP contribution in [0.3, 0.4) is 0 Å². The van der Waals surface area contributed by atoms with Gasteiger partial charge in [-0.3, -0.25) is 4.79 Å². The lowest BCUT2D eigenvalue weighted by Gasteiger charge is -2.33. The van der Waals surface area contributed by atoms with E-state index in [1.54, 1.807) is 18.7 Å². The van der Waals surface area contributed by atoms with Gasteiger partial charge in [0.2, 0.25) is 5.91 Å². The number of carbonyl (C=O) groups is 1. The van der Waals surface area contributed by atoms with E-state index in [0.717, 1.165) is 6.20 Å². The van der Waals surface area contributed by atoms with Gasteiger partial charge in [0.15, 0.2) is 0 Å². The van der Waals surface area contributed by atoms with Gasteiger partial charge in [-0.25, -0.2) is 4.98 Å². The molecule has 0 spiro atoms. The maximum Gasteiger partial charge on any atom is 0.432 e. The summed E-state index contributed by atoms with van der Waals surface area (Å²) in [6.45, 7) is 3.97. The van der Waals surface area contributed by atoms with E-state index in [4.69, 9.17) is 0 Å². The number of aliphatic hydroxyl groups is 1. The molecule has 1 atom stereocenters. The molecule has 1 aromatic heterocycles. The number of hydrogen-bond donors (Lipinski definition) is 2. The van der Waals surface area contributed by atoms with Gasteiger partial charge in [-0.1, -0.05) is 0 Å². The Morgan fingerprint density at radius 3 is 2.73 bits per heavy atom. The van der Waals surface area contributed by atoms with Gasteiger partial charge >= 0.3 is 6.18 Å². The Labute approximate surface area is 126 Å². The SMILES string of the molecule is CC(C)(O)CC(=O)N1CCCC(c2ncc(C(F)(F)F)[nH]2)C1. The minimum absolute atomic E-state index is 0.00826. The van der Waals surface area contributed by atoms with Crippen LogP contribution >= 0.6 is 0 Å². The molecule has 2 N–H and O–H groups in total. The molecule has 1 aliphatic heterocycles. The Bertz CT molecular complexity index is 534. The highest BCUT2D eigenvalue weighted by Crippen LogP contribution is 2.31. The van der Waals surface area contributed by atoms with E-state index in [1.165, 1.54) is 0 Å². The Morgan fingerprint density at radius 1 is 1.50 bits per heavy atom. The molecule has 1 amide bonds. The van der Waals surface area contributed by atoms with Crippen molar-refractivity contribution >= 4 is 5.91 Å². The number of amides is 1. The standard InChI is InChI=1S/C14H20F3N3O2/c1-13(2,22)6-11(21)20-5-3-4-9(8-20)12-18-7-10(19-12)14(15,16)17/h7,9,22H,3-6,8H2,1-2H3,(H,18,19).